The molecule has 0 N–H and O–H groups in total. The van der Waals surface area contributed by atoms with Crippen LogP contribution in [0.5, 0.6) is 0 Å². The molecule has 1 aliphatic heterocycles. The molecule has 104 valence electrons. The lowest BCUT2D eigenvalue weighted by Crippen LogP contribution is -2.20. The van der Waals surface area contributed by atoms with Gasteiger partial charge in [0.2, 0.25) is 0 Å². The summed E-state index contributed by atoms with van der Waals surface area (Å²) in [5.41, 5.74) is 2.91. The van der Waals surface area contributed by atoms with Crippen LogP contribution in [0.1, 0.15) is 18.1 Å². The van der Waals surface area contributed by atoms with Crippen molar-refractivity contribution in [3.63, 3.8) is 0 Å². The second kappa shape index (κ2) is 6.23. The molecule has 1 aliphatic rings. The van der Waals surface area contributed by atoms with E-state index in [1.807, 2.05) is 0 Å². The summed E-state index contributed by atoms with van der Waals surface area (Å²) in [6.07, 6.45) is 1.22. The molecule has 0 spiro atoms. The Hall–Kier alpha value is -1.60. The highest BCUT2D eigenvalue weighted by molar-refractivity contribution is 5.17. The molecule has 0 unspecified atom stereocenters. The van der Waals surface area contributed by atoms with Crippen molar-refractivity contribution in [3.8, 4) is 0 Å². The summed E-state index contributed by atoms with van der Waals surface area (Å²) in [5, 5.41) is 0. The summed E-state index contributed by atoms with van der Waals surface area (Å²) < 4.78 is 0. The van der Waals surface area contributed by atoms with E-state index in [-0.39, 0.29) is 0 Å². The molecule has 1 saturated heterocycles. The third-order valence-electron chi connectivity index (χ3n) is 4.43. The van der Waals surface area contributed by atoms with E-state index < -0.39 is 0 Å². The van der Waals surface area contributed by atoms with Crippen molar-refractivity contribution in [1.82, 2.24) is 4.90 Å². The molecule has 1 fully saturated rings. The van der Waals surface area contributed by atoms with Crippen LogP contribution in [0, 0.1) is 11.8 Å². The first kappa shape index (κ1) is 13.4. The number of rotatable bonds is 4. The van der Waals surface area contributed by atoms with Crippen molar-refractivity contribution in [1.29, 1.82) is 0 Å². The van der Waals surface area contributed by atoms with Crippen LogP contribution in [-0.2, 0) is 13.0 Å². The van der Waals surface area contributed by atoms with Gasteiger partial charge in [-0.05, 0) is 29.4 Å². The number of hydrogen-bond acceptors (Lipinski definition) is 1. The Morgan fingerprint density at radius 1 is 0.850 bits per heavy atom. The maximum absolute atomic E-state index is 2.60. The Balaban J connectivity index is 1.59. The van der Waals surface area contributed by atoms with Gasteiger partial charge in [0.05, 0.1) is 0 Å². The molecule has 0 amide bonds. The highest BCUT2D eigenvalue weighted by atomic mass is 15.1. The number of hydrogen-bond donors (Lipinski definition) is 0. The Bertz CT molecular complexity index is 520. The third kappa shape index (κ3) is 3.29. The van der Waals surface area contributed by atoms with E-state index >= 15 is 0 Å². The Morgan fingerprint density at radius 3 is 2.10 bits per heavy atom. The highest BCUT2D eigenvalue weighted by Crippen LogP contribution is 2.27. The highest BCUT2D eigenvalue weighted by Gasteiger charge is 2.29. The molecule has 20 heavy (non-hydrogen) atoms. The van der Waals surface area contributed by atoms with E-state index in [9.17, 15) is 0 Å². The zero-order valence-corrected chi connectivity index (χ0v) is 12.2. The Morgan fingerprint density at radius 2 is 1.45 bits per heavy atom. The van der Waals surface area contributed by atoms with Gasteiger partial charge in [-0.15, -0.1) is 0 Å². The summed E-state index contributed by atoms with van der Waals surface area (Å²) in [6.45, 7) is 5.95. The van der Waals surface area contributed by atoms with Crippen LogP contribution in [0.15, 0.2) is 60.7 Å². The van der Waals surface area contributed by atoms with Gasteiger partial charge in [-0.25, -0.2) is 0 Å². The minimum absolute atomic E-state index is 0.791. The van der Waals surface area contributed by atoms with Crippen LogP contribution in [0.4, 0.5) is 0 Å². The van der Waals surface area contributed by atoms with Gasteiger partial charge in [-0.2, -0.15) is 0 Å². The fraction of sp³-hybridized carbons (Fsp3) is 0.368. The lowest BCUT2D eigenvalue weighted by Gasteiger charge is -2.16. The molecule has 1 heterocycles. The standard InChI is InChI=1S/C19H23N/c1-16-13-20(14-18-10-6-3-7-11-18)15-19(16)12-17-8-4-2-5-9-17/h2-11,16,19H,12-15H2,1H3/t16-,19-/m1/s1. The quantitative estimate of drug-likeness (QED) is 0.807. The van der Waals surface area contributed by atoms with Gasteiger partial charge < -0.3 is 0 Å². The molecule has 0 aliphatic carbocycles. The van der Waals surface area contributed by atoms with Gasteiger partial charge in [0, 0.05) is 19.6 Å². The normalized spacial score (nSPS) is 23.1. The van der Waals surface area contributed by atoms with Crippen LogP contribution < -0.4 is 0 Å². The maximum Gasteiger partial charge on any atom is 0.0233 e. The van der Waals surface area contributed by atoms with Crippen molar-refractivity contribution in [2.75, 3.05) is 13.1 Å². The minimum Gasteiger partial charge on any atom is -0.299 e. The number of benzene rings is 2. The molecular formula is C19H23N. The topological polar surface area (TPSA) is 3.24 Å². The molecule has 2 atom stereocenters. The van der Waals surface area contributed by atoms with Gasteiger partial charge >= 0.3 is 0 Å². The summed E-state index contributed by atoms with van der Waals surface area (Å²) in [5.74, 6) is 1.58. The molecule has 0 aromatic heterocycles. The number of nitrogens with zero attached hydrogens (tertiary/aromatic N) is 1. The smallest absolute Gasteiger partial charge is 0.0233 e. The van der Waals surface area contributed by atoms with E-state index in [0.717, 1.165) is 18.4 Å². The van der Waals surface area contributed by atoms with E-state index in [0.29, 0.717) is 0 Å². The monoisotopic (exact) mass is 265 g/mol. The van der Waals surface area contributed by atoms with Crippen molar-refractivity contribution in [3.05, 3.63) is 71.8 Å². The van der Waals surface area contributed by atoms with Crippen LogP contribution in [-0.4, -0.2) is 18.0 Å². The predicted molar refractivity (Wildman–Crippen MR) is 84.5 cm³/mol. The van der Waals surface area contributed by atoms with Gasteiger partial charge in [0.1, 0.15) is 0 Å². The van der Waals surface area contributed by atoms with Crippen molar-refractivity contribution in [2.45, 2.75) is 19.9 Å². The van der Waals surface area contributed by atoms with Gasteiger partial charge in [-0.1, -0.05) is 67.6 Å². The lowest BCUT2D eigenvalue weighted by atomic mass is 9.91. The van der Waals surface area contributed by atoms with Crippen LogP contribution in [0.3, 0.4) is 0 Å². The van der Waals surface area contributed by atoms with E-state index in [4.69, 9.17) is 0 Å². The Kier molecular flexibility index (Phi) is 4.17. The van der Waals surface area contributed by atoms with Gasteiger partial charge in [0.15, 0.2) is 0 Å². The zero-order valence-electron chi connectivity index (χ0n) is 12.2. The zero-order chi connectivity index (χ0) is 13.8. The third-order valence-corrected chi connectivity index (χ3v) is 4.43. The second-order valence-electron chi connectivity index (χ2n) is 6.11. The summed E-state index contributed by atoms with van der Waals surface area (Å²) in [7, 11) is 0. The first-order chi connectivity index (χ1) is 9.81. The van der Waals surface area contributed by atoms with E-state index in [1.54, 1.807) is 0 Å². The van der Waals surface area contributed by atoms with Crippen molar-refractivity contribution >= 4 is 0 Å². The molecule has 3 rings (SSSR count). The molecule has 0 saturated carbocycles. The molecule has 2 aromatic carbocycles. The SMILES string of the molecule is C[C@@H]1CN(Cc2ccccc2)C[C@H]1Cc1ccccc1. The van der Waals surface area contributed by atoms with Crippen LogP contribution >= 0.6 is 0 Å². The van der Waals surface area contributed by atoms with E-state index in [2.05, 4.69) is 72.5 Å². The minimum atomic E-state index is 0.791. The summed E-state index contributed by atoms with van der Waals surface area (Å²) >= 11 is 0. The largest absolute Gasteiger partial charge is 0.299 e. The fourth-order valence-electron chi connectivity index (χ4n) is 3.30. The molecule has 2 aromatic rings. The lowest BCUT2D eigenvalue weighted by molar-refractivity contribution is 0.314. The molecule has 1 nitrogen and oxygen atoms in total. The average molecular weight is 265 g/mol. The van der Waals surface area contributed by atoms with Gasteiger partial charge in [-0.3, -0.25) is 4.90 Å². The summed E-state index contributed by atoms with van der Waals surface area (Å²) in [4.78, 5) is 2.60. The van der Waals surface area contributed by atoms with Crippen molar-refractivity contribution in [2.24, 2.45) is 11.8 Å². The fourth-order valence-corrected chi connectivity index (χ4v) is 3.30. The molecule has 1 heteroatoms. The predicted octanol–water partition coefficient (Wildman–Crippen LogP) is 4.00. The maximum atomic E-state index is 2.60. The average Bonchev–Trinajstić information content (AvgIpc) is 2.81. The van der Waals surface area contributed by atoms with Crippen LogP contribution in [0.2, 0.25) is 0 Å². The first-order valence-electron chi connectivity index (χ1n) is 7.61. The van der Waals surface area contributed by atoms with Crippen LogP contribution in [0.25, 0.3) is 0 Å². The second-order valence-corrected chi connectivity index (χ2v) is 6.11. The molecule has 0 radical (unpaired) electrons. The van der Waals surface area contributed by atoms with Crippen molar-refractivity contribution < 1.29 is 0 Å². The Labute approximate surface area is 122 Å². The summed E-state index contributed by atoms with van der Waals surface area (Å²) in [6, 6.07) is 21.7. The molecular weight excluding hydrogens is 242 g/mol. The molecule has 0 bridgehead atoms. The van der Waals surface area contributed by atoms with Gasteiger partial charge in [0.25, 0.3) is 0 Å². The van der Waals surface area contributed by atoms with E-state index in [1.165, 1.54) is 30.6 Å². The number of likely N-dealkylation sites (tertiary alicyclic amines) is 1. The first-order valence-corrected chi connectivity index (χ1v) is 7.61.